The first-order valence-electron chi connectivity index (χ1n) is 12.4. The van der Waals surface area contributed by atoms with E-state index in [2.05, 4.69) is 10.5 Å². The van der Waals surface area contributed by atoms with E-state index in [-0.39, 0.29) is 31.2 Å². The van der Waals surface area contributed by atoms with Crippen molar-refractivity contribution in [2.45, 2.75) is 12.8 Å². The van der Waals surface area contributed by atoms with Crippen molar-refractivity contribution < 1.29 is 33.2 Å². The minimum Gasteiger partial charge on any atom is -0.493 e. The summed E-state index contributed by atoms with van der Waals surface area (Å²) in [5.74, 6) is 1.95. The molecule has 0 bridgehead atoms. The summed E-state index contributed by atoms with van der Waals surface area (Å²) in [4.78, 5) is 11.9. The molecule has 1 aliphatic heterocycles. The van der Waals surface area contributed by atoms with Crippen molar-refractivity contribution in [1.82, 2.24) is 0 Å². The molecule has 0 saturated carbocycles. The summed E-state index contributed by atoms with van der Waals surface area (Å²) in [7, 11) is 4.73. The lowest BCUT2D eigenvalue weighted by molar-refractivity contribution is -0.142. The van der Waals surface area contributed by atoms with Crippen LogP contribution in [0.5, 0.6) is 28.7 Å². The summed E-state index contributed by atoms with van der Waals surface area (Å²) >= 11 is 0. The Kier molecular flexibility index (Phi) is 7.58. The topological polar surface area (TPSA) is 96.8 Å². The Morgan fingerprint density at radius 1 is 1.00 bits per heavy atom. The van der Waals surface area contributed by atoms with Crippen molar-refractivity contribution in [2.24, 2.45) is 11.0 Å². The molecule has 3 aromatic rings. The number of fused-ring (bicyclic) bond motifs is 2. The fourth-order valence-electron chi connectivity index (χ4n) is 4.98. The van der Waals surface area contributed by atoms with Gasteiger partial charge in [0.2, 0.25) is 12.5 Å². The predicted octanol–water partition coefficient (Wildman–Crippen LogP) is 5.25. The molecule has 2 aliphatic rings. The standard InChI is InChI=1S/C30H30N2O7/c1-18(33)37-16-24-21(15-31-32-22-8-6-5-7-9-22)10-19-11-25-26(39-17-38-25)14-23(19)29(24)20-12-27(34-2)30(36-4)28(13-20)35-3/h5-15,24,29,32H,16-17H2,1-4H3/t24-,29-/m1/s1. The number of methoxy groups -OCH3 is 3. The number of esters is 1. The lowest BCUT2D eigenvalue weighted by atomic mass is 9.71. The van der Waals surface area contributed by atoms with Crippen molar-refractivity contribution in [2.75, 3.05) is 40.2 Å². The molecule has 1 heterocycles. The van der Waals surface area contributed by atoms with Gasteiger partial charge in [0.05, 0.1) is 39.8 Å². The number of benzene rings is 3. The zero-order chi connectivity index (χ0) is 27.4. The van der Waals surface area contributed by atoms with Crippen molar-refractivity contribution in [3.05, 3.63) is 76.9 Å². The fraction of sp³-hybridized carbons (Fsp3) is 0.267. The number of anilines is 1. The number of carbonyl (C=O) groups is 1. The molecular formula is C30H30N2O7. The molecule has 2 atom stereocenters. The highest BCUT2D eigenvalue weighted by molar-refractivity contribution is 5.90. The smallest absolute Gasteiger partial charge is 0.302 e. The molecule has 5 rings (SSSR count). The van der Waals surface area contributed by atoms with Crippen LogP contribution in [0.2, 0.25) is 0 Å². The Balaban J connectivity index is 1.65. The third-order valence-electron chi connectivity index (χ3n) is 6.76. The lowest BCUT2D eigenvalue weighted by Gasteiger charge is -2.34. The predicted molar refractivity (Wildman–Crippen MR) is 147 cm³/mol. The van der Waals surface area contributed by atoms with Crippen molar-refractivity contribution in [1.29, 1.82) is 0 Å². The zero-order valence-electron chi connectivity index (χ0n) is 22.2. The van der Waals surface area contributed by atoms with E-state index in [1.54, 1.807) is 27.5 Å². The number of hydrazone groups is 1. The van der Waals surface area contributed by atoms with Crippen molar-refractivity contribution in [3.8, 4) is 28.7 Å². The number of hydrogen-bond donors (Lipinski definition) is 1. The van der Waals surface area contributed by atoms with Gasteiger partial charge in [-0.2, -0.15) is 5.10 Å². The maximum Gasteiger partial charge on any atom is 0.302 e. The van der Waals surface area contributed by atoms with Crippen LogP contribution in [0.25, 0.3) is 6.08 Å². The summed E-state index contributed by atoms with van der Waals surface area (Å²) < 4.78 is 33.8. The fourth-order valence-corrected chi connectivity index (χ4v) is 4.98. The van der Waals surface area contributed by atoms with Crippen LogP contribution < -0.4 is 29.1 Å². The molecule has 0 spiro atoms. The Bertz CT molecular complexity index is 1390. The molecule has 9 nitrogen and oxygen atoms in total. The monoisotopic (exact) mass is 530 g/mol. The molecule has 0 aromatic heterocycles. The van der Waals surface area contributed by atoms with E-state index in [1.807, 2.05) is 60.7 Å². The van der Waals surface area contributed by atoms with Gasteiger partial charge in [-0.05, 0) is 64.7 Å². The molecule has 39 heavy (non-hydrogen) atoms. The molecule has 1 aliphatic carbocycles. The Morgan fingerprint density at radius 2 is 1.69 bits per heavy atom. The first-order valence-corrected chi connectivity index (χ1v) is 12.4. The van der Waals surface area contributed by atoms with Crippen LogP contribution in [0.3, 0.4) is 0 Å². The van der Waals surface area contributed by atoms with Crippen LogP contribution >= 0.6 is 0 Å². The average molecular weight is 531 g/mol. The number of hydrogen-bond acceptors (Lipinski definition) is 9. The average Bonchev–Trinajstić information content (AvgIpc) is 3.41. The molecule has 9 heteroatoms. The second-order valence-corrected chi connectivity index (χ2v) is 9.06. The normalized spacial score (nSPS) is 17.3. The van der Waals surface area contributed by atoms with Gasteiger partial charge in [0.1, 0.15) is 0 Å². The number of ether oxygens (including phenoxy) is 6. The molecule has 3 aromatic carbocycles. The van der Waals surface area contributed by atoms with E-state index in [0.717, 1.165) is 28.0 Å². The summed E-state index contributed by atoms with van der Waals surface area (Å²) in [6, 6.07) is 17.4. The van der Waals surface area contributed by atoms with Crippen LogP contribution in [0.15, 0.2) is 65.3 Å². The first kappa shape index (κ1) is 26.0. The third kappa shape index (κ3) is 5.34. The van der Waals surface area contributed by atoms with Gasteiger partial charge in [-0.15, -0.1) is 0 Å². The highest BCUT2D eigenvalue weighted by Gasteiger charge is 2.36. The number of para-hydroxylation sites is 1. The van der Waals surface area contributed by atoms with Crippen LogP contribution in [0.4, 0.5) is 5.69 Å². The third-order valence-corrected chi connectivity index (χ3v) is 6.76. The summed E-state index contributed by atoms with van der Waals surface area (Å²) in [6.45, 7) is 1.69. The minimum atomic E-state index is -0.367. The molecule has 0 radical (unpaired) electrons. The molecule has 1 N–H and O–H groups in total. The maximum atomic E-state index is 11.9. The SMILES string of the molecule is COc1cc([C@@H]2c3cc4c(cc3C=C(C=NNc3ccccc3)[C@H]2COC(C)=O)OCO4)cc(OC)c1OC. The van der Waals surface area contributed by atoms with E-state index >= 15 is 0 Å². The maximum absolute atomic E-state index is 11.9. The van der Waals surface area contributed by atoms with E-state index in [9.17, 15) is 4.79 Å². The van der Waals surface area contributed by atoms with Gasteiger partial charge in [0.15, 0.2) is 23.0 Å². The van der Waals surface area contributed by atoms with Crippen LogP contribution in [-0.2, 0) is 9.53 Å². The molecular weight excluding hydrogens is 500 g/mol. The van der Waals surface area contributed by atoms with E-state index < -0.39 is 0 Å². The molecule has 202 valence electrons. The van der Waals surface area contributed by atoms with Gasteiger partial charge in [0, 0.05) is 18.8 Å². The van der Waals surface area contributed by atoms with Gasteiger partial charge in [-0.3, -0.25) is 10.2 Å². The molecule has 0 amide bonds. The minimum absolute atomic E-state index is 0.133. The first-order chi connectivity index (χ1) is 19.0. The van der Waals surface area contributed by atoms with Gasteiger partial charge in [0.25, 0.3) is 0 Å². The Morgan fingerprint density at radius 3 is 2.33 bits per heavy atom. The summed E-state index contributed by atoms with van der Waals surface area (Å²) in [6.07, 6.45) is 3.80. The number of nitrogens with zero attached hydrogens (tertiary/aromatic N) is 1. The lowest BCUT2D eigenvalue weighted by Crippen LogP contribution is -2.27. The number of rotatable bonds is 9. The highest BCUT2D eigenvalue weighted by Crippen LogP contribution is 2.50. The second kappa shape index (κ2) is 11.4. The van der Waals surface area contributed by atoms with Gasteiger partial charge in [-0.1, -0.05) is 18.2 Å². The van der Waals surface area contributed by atoms with Crippen molar-refractivity contribution in [3.63, 3.8) is 0 Å². The molecule has 0 unspecified atom stereocenters. The van der Waals surface area contributed by atoms with Crippen molar-refractivity contribution >= 4 is 23.9 Å². The second-order valence-electron chi connectivity index (χ2n) is 9.06. The number of nitrogens with one attached hydrogen (secondary N) is 1. The summed E-state index contributed by atoms with van der Waals surface area (Å²) in [5, 5.41) is 4.50. The zero-order valence-corrected chi connectivity index (χ0v) is 22.2. The van der Waals surface area contributed by atoms with Gasteiger partial charge >= 0.3 is 5.97 Å². The molecule has 0 fully saturated rings. The van der Waals surface area contributed by atoms with E-state index in [1.165, 1.54) is 6.92 Å². The Labute approximate surface area is 226 Å². The Hall–Kier alpha value is -4.66. The quantitative estimate of drug-likeness (QED) is 0.228. The van der Waals surface area contributed by atoms with Gasteiger partial charge < -0.3 is 28.4 Å². The number of carbonyl (C=O) groups excluding carboxylic acids is 1. The highest BCUT2D eigenvalue weighted by atomic mass is 16.7. The van der Waals surface area contributed by atoms with Crippen LogP contribution in [0.1, 0.15) is 29.5 Å². The van der Waals surface area contributed by atoms with Gasteiger partial charge in [-0.25, -0.2) is 0 Å². The van der Waals surface area contributed by atoms with E-state index in [0.29, 0.717) is 28.7 Å². The molecule has 0 saturated heterocycles. The largest absolute Gasteiger partial charge is 0.493 e. The van der Waals surface area contributed by atoms with Crippen LogP contribution in [-0.4, -0.2) is 46.9 Å². The summed E-state index contributed by atoms with van der Waals surface area (Å²) in [5.41, 5.74) is 7.60. The van der Waals surface area contributed by atoms with E-state index in [4.69, 9.17) is 28.4 Å². The van der Waals surface area contributed by atoms with Crippen LogP contribution in [0, 0.1) is 5.92 Å².